The largest absolute Gasteiger partial charge is 0.383 e. The minimum absolute atomic E-state index is 0.488. The average Bonchev–Trinajstić information content (AvgIpc) is 2.75. The highest BCUT2D eigenvalue weighted by molar-refractivity contribution is 7.10. The van der Waals surface area contributed by atoms with Crippen molar-refractivity contribution in [2.75, 3.05) is 0 Å². The SMILES string of the molecule is Cc1ccsc1C(O)c1ccc(CC(C)C)cc1. The summed E-state index contributed by atoms with van der Waals surface area (Å²) in [7, 11) is 0. The molecule has 1 N–H and O–H groups in total. The first-order chi connectivity index (χ1) is 8.58. The van der Waals surface area contributed by atoms with Gasteiger partial charge in [-0.05, 0) is 47.4 Å². The number of hydrogen-bond acceptors (Lipinski definition) is 2. The minimum Gasteiger partial charge on any atom is -0.383 e. The number of hydrogen-bond donors (Lipinski definition) is 1. The van der Waals surface area contributed by atoms with Crippen molar-refractivity contribution in [1.82, 2.24) is 0 Å². The number of benzene rings is 1. The smallest absolute Gasteiger partial charge is 0.113 e. The maximum Gasteiger partial charge on any atom is 0.113 e. The fraction of sp³-hybridized carbons (Fsp3) is 0.375. The molecular formula is C16H20OS. The van der Waals surface area contributed by atoms with E-state index >= 15 is 0 Å². The summed E-state index contributed by atoms with van der Waals surface area (Å²) in [5.74, 6) is 0.667. The Morgan fingerprint density at radius 3 is 2.28 bits per heavy atom. The van der Waals surface area contributed by atoms with E-state index in [-0.39, 0.29) is 0 Å². The lowest BCUT2D eigenvalue weighted by Crippen LogP contribution is -2.00. The average molecular weight is 260 g/mol. The maximum atomic E-state index is 10.3. The molecule has 1 nitrogen and oxygen atoms in total. The van der Waals surface area contributed by atoms with Crippen LogP contribution < -0.4 is 0 Å². The third-order valence-electron chi connectivity index (χ3n) is 3.09. The van der Waals surface area contributed by atoms with Crippen LogP contribution in [-0.4, -0.2) is 5.11 Å². The van der Waals surface area contributed by atoms with E-state index in [1.807, 2.05) is 24.4 Å². The van der Waals surface area contributed by atoms with Crippen molar-refractivity contribution < 1.29 is 5.11 Å². The lowest BCUT2D eigenvalue weighted by atomic mass is 9.99. The molecule has 1 aromatic carbocycles. The van der Waals surface area contributed by atoms with Crippen LogP contribution >= 0.6 is 11.3 Å². The van der Waals surface area contributed by atoms with Crippen molar-refractivity contribution in [3.05, 3.63) is 57.3 Å². The maximum absolute atomic E-state index is 10.3. The van der Waals surface area contributed by atoms with Gasteiger partial charge in [0.25, 0.3) is 0 Å². The highest BCUT2D eigenvalue weighted by Crippen LogP contribution is 2.29. The summed E-state index contributed by atoms with van der Waals surface area (Å²) in [5.41, 5.74) is 3.48. The Bertz CT molecular complexity index is 496. The molecular weight excluding hydrogens is 240 g/mol. The molecule has 0 aliphatic carbocycles. The first-order valence-corrected chi connectivity index (χ1v) is 7.26. The van der Waals surface area contributed by atoms with E-state index in [2.05, 4.69) is 32.0 Å². The number of aliphatic hydroxyl groups excluding tert-OH is 1. The molecule has 0 spiro atoms. The van der Waals surface area contributed by atoms with Crippen molar-refractivity contribution in [3.8, 4) is 0 Å². The predicted molar refractivity (Wildman–Crippen MR) is 78.1 cm³/mol. The quantitative estimate of drug-likeness (QED) is 0.867. The van der Waals surface area contributed by atoms with Gasteiger partial charge in [-0.1, -0.05) is 38.1 Å². The zero-order valence-corrected chi connectivity index (χ0v) is 12.0. The second-order valence-corrected chi connectivity index (χ2v) is 6.16. The van der Waals surface area contributed by atoms with Gasteiger partial charge >= 0.3 is 0 Å². The zero-order valence-electron chi connectivity index (χ0n) is 11.2. The molecule has 1 heterocycles. The van der Waals surface area contributed by atoms with Crippen LogP contribution in [0.25, 0.3) is 0 Å². The van der Waals surface area contributed by atoms with Crippen LogP contribution in [-0.2, 0) is 6.42 Å². The van der Waals surface area contributed by atoms with Crippen LogP contribution in [0.1, 0.15) is 41.5 Å². The van der Waals surface area contributed by atoms with Gasteiger partial charge in [0.15, 0.2) is 0 Å². The molecule has 2 heteroatoms. The first kappa shape index (κ1) is 13.3. The lowest BCUT2D eigenvalue weighted by Gasteiger charge is -2.12. The van der Waals surface area contributed by atoms with Crippen LogP contribution in [0.2, 0.25) is 0 Å². The topological polar surface area (TPSA) is 20.2 Å². The summed E-state index contributed by atoms with van der Waals surface area (Å²) in [6, 6.07) is 10.4. The summed E-state index contributed by atoms with van der Waals surface area (Å²) in [6.45, 7) is 6.48. The van der Waals surface area contributed by atoms with Crippen LogP contribution in [0.3, 0.4) is 0 Å². The summed E-state index contributed by atoms with van der Waals surface area (Å²) in [4.78, 5) is 1.05. The van der Waals surface area contributed by atoms with Gasteiger partial charge in [0.1, 0.15) is 6.10 Å². The molecule has 0 bridgehead atoms. The predicted octanol–water partition coefficient (Wildman–Crippen LogP) is 4.34. The Morgan fingerprint density at radius 2 is 1.78 bits per heavy atom. The third-order valence-corrected chi connectivity index (χ3v) is 4.16. The second kappa shape index (κ2) is 5.68. The molecule has 1 aromatic heterocycles. The van der Waals surface area contributed by atoms with Gasteiger partial charge in [-0.15, -0.1) is 11.3 Å². The fourth-order valence-electron chi connectivity index (χ4n) is 2.12. The van der Waals surface area contributed by atoms with Gasteiger partial charge in [0, 0.05) is 4.88 Å². The minimum atomic E-state index is -0.488. The molecule has 96 valence electrons. The fourth-order valence-corrected chi connectivity index (χ4v) is 3.06. The summed E-state index contributed by atoms with van der Waals surface area (Å²) in [6.07, 6.45) is 0.604. The molecule has 0 radical (unpaired) electrons. The second-order valence-electron chi connectivity index (χ2n) is 5.21. The Kier molecular flexibility index (Phi) is 4.20. The van der Waals surface area contributed by atoms with E-state index in [1.165, 1.54) is 11.1 Å². The van der Waals surface area contributed by atoms with Crippen molar-refractivity contribution >= 4 is 11.3 Å². The summed E-state index contributed by atoms with van der Waals surface area (Å²) < 4.78 is 0. The Labute approximate surface area is 113 Å². The molecule has 0 fully saturated rings. The van der Waals surface area contributed by atoms with Gasteiger partial charge in [-0.2, -0.15) is 0 Å². The van der Waals surface area contributed by atoms with Crippen LogP contribution in [0, 0.1) is 12.8 Å². The molecule has 2 aromatic rings. The molecule has 0 aliphatic heterocycles. The number of aryl methyl sites for hydroxylation is 1. The van der Waals surface area contributed by atoms with Crippen LogP contribution in [0.5, 0.6) is 0 Å². The molecule has 2 rings (SSSR count). The van der Waals surface area contributed by atoms with Gasteiger partial charge in [-0.25, -0.2) is 0 Å². The first-order valence-electron chi connectivity index (χ1n) is 6.39. The van der Waals surface area contributed by atoms with E-state index in [1.54, 1.807) is 11.3 Å². The molecule has 0 amide bonds. The molecule has 18 heavy (non-hydrogen) atoms. The zero-order chi connectivity index (χ0) is 13.1. The van der Waals surface area contributed by atoms with E-state index < -0.39 is 6.10 Å². The number of rotatable bonds is 4. The van der Waals surface area contributed by atoms with Crippen molar-refractivity contribution in [3.63, 3.8) is 0 Å². The Balaban J connectivity index is 2.17. The number of thiophene rings is 1. The van der Waals surface area contributed by atoms with Gasteiger partial charge in [0.05, 0.1) is 0 Å². The Hall–Kier alpha value is -1.12. The van der Waals surface area contributed by atoms with Gasteiger partial charge < -0.3 is 5.11 Å². The van der Waals surface area contributed by atoms with Crippen LogP contribution in [0.15, 0.2) is 35.7 Å². The molecule has 0 saturated carbocycles. The third kappa shape index (κ3) is 3.01. The summed E-state index contributed by atoms with van der Waals surface area (Å²) in [5, 5.41) is 12.4. The molecule has 0 aliphatic rings. The van der Waals surface area contributed by atoms with Crippen molar-refractivity contribution in [2.24, 2.45) is 5.92 Å². The van der Waals surface area contributed by atoms with Crippen LogP contribution in [0.4, 0.5) is 0 Å². The van der Waals surface area contributed by atoms with E-state index in [4.69, 9.17) is 0 Å². The van der Waals surface area contributed by atoms with Crippen molar-refractivity contribution in [2.45, 2.75) is 33.3 Å². The van der Waals surface area contributed by atoms with E-state index in [0.29, 0.717) is 5.92 Å². The highest BCUT2D eigenvalue weighted by atomic mass is 32.1. The van der Waals surface area contributed by atoms with E-state index in [0.717, 1.165) is 16.9 Å². The van der Waals surface area contributed by atoms with Crippen molar-refractivity contribution in [1.29, 1.82) is 0 Å². The highest BCUT2D eigenvalue weighted by Gasteiger charge is 2.13. The monoisotopic (exact) mass is 260 g/mol. The van der Waals surface area contributed by atoms with Gasteiger partial charge in [-0.3, -0.25) is 0 Å². The number of aliphatic hydroxyl groups is 1. The lowest BCUT2D eigenvalue weighted by molar-refractivity contribution is 0.223. The van der Waals surface area contributed by atoms with Gasteiger partial charge in [0.2, 0.25) is 0 Å². The molecule has 1 unspecified atom stereocenters. The Morgan fingerprint density at radius 1 is 1.11 bits per heavy atom. The standard InChI is InChI=1S/C16H20OS/c1-11(2)10-13-4-6-14(7-5-13)15(17)16-12(3)8-9-18-16/h4-9,11,15,17H,10H2,1-3H3. The molecule has 1 atom stereocenters. The summed E-state index contributed by atoms with van der Waals surface area (Å²) >= 11 is 1.62. The molecule has 0 saturated heterocycles. The normalized spacial score (nSPS) is 12.9. The van der Waals surface area contributed by atoms with E-state index in [9.17, 15) is 5.11 Å².